The zero-order chi connectivity index (χ0) is 13.9. The first kappa shape index (κ1) is 14.0. The Bertz CT molecular complexity index is 325. The summed E-state index contributed by atoms with van der Waals surface area (Å²) in [5, 5.41) is 0. The molecule has 0 aromatic carbocycles. The maximum Gasteiger partial charge on any atom is -0.0318 e. The molecule has 7 atom stereocenters. The standard InChI is InChI=1S/C19H34/c1-10(2)16-12(5)9-15-13(6)18(17(16)11(3)4)19(15)14-7-8-14/h10-19H,7-9H2,1-6H3. The third-order valence-electron chi connectivity index (χ3n) is 7.12. The Morgan fingerprint density at radius 3 is 1.84 bits per heavy atom. The van der Waals surface area contributed by atoms with Crippen molar-refractivity contribution in [3.63, 3.8) is 0 Å². The predicted molar refractivity (Wildman–Crippen MR) is 82.8 cm³/mol. The van der Waals surface area contributed by atoms with E-state index in [9.17, 15) is 0 Å². The molecule has 4 rings (SSSR count). The van der Waals surface area contributed by atoms with E-state index >= 15 is 0 Å². The summed E-state index contributed by atoms with van der Waals surface area (Å²) in [5.41, 5.74) is 0. The Labute approximate surface area is 120 Å². The molecule has 0 amide bonds. The number of hydrogen-bond acceptors (Lipinski definition) is 0. The average molecular weight is 262 g/mol. The first-order valence-corrected chi connectivity index (χ1v) is 8.93. The van der Waals surface area contributed by atoms with Crippen LogP contribution in [0.4, 0.5) is 0 Å². The van der Waals surface area contributed by atoms with Crippen LogP contribution in [-0.4, -0.2) is 0 Å². The van der Waals surface area contributed by atoms with Crippen LogP contribution >= 0.6 is 0 Å². The summed E-state index contributed by atoms with van der Waals surface area (Å²) in [6.45, 7) is 15.1. The summed E-state index contributed by atoms with van der Waals surface area (Å²) < 4.78 is 0. The van der Waals surface area contributed by atoms with Gasteiger partial charge < -0.3 is 0 Å². The second-order valence-electron chi connectivity index (χ2n) is 8.87. The molecule has 4 aliphatic carbocycles. The van der Waals surface area contributed by atoms with E-state index in [1.807, 2.05) is 0 Å². The first-order chi connectivity index (χ1) is 8.93. The van der Waals surface area contributed by atoms with Crippen LogP contribution in [0.2, 0.25) is 0 Å². The molecular weight excluding hydrogens is 228 g/mol. The third kappa shape index (κ3) is 2.09. The first-order valence-electron chi connectivity index (χ1n) is 8.93. The van der Waals surface area contributed by atoms with Gasteiger partial charge in [-0.15, -0.1) is 0 Å². The molecular formula is C19H34. The van der Waals surface area contributed by atoms with E-state index in [1.54, 1.807) is 12.8 Å². The summed E-state index contributed by atoms with van der Waals surface area (Å²) >= 11 is 0. The molecule has 0 aromatic heterocycles. The van der Waals surface area contributed by atoms with Crippen molar-refractivity contribution in [2.24, 2.45) is 59.2 Å². The van der Waals surface area contributed by atoms with E-state index in [0.717, 1.165) is 59.2 Å². The van der Waals surface area contributed by atoms with Gasteiger partial charge in [0, 0.05) is 0 Å². The summed E-state index contributed by atoms with van der Waals surface area (Å²) in [5.74, 6) is 10.1. The highest BCUT2D eigenvalue weighted by atomic mass is 14.6. The van der Waals surface area contributed by atoms with Crippen molar-refractivity contribution >= 4 is 0 Å². The fraction of sp³-hybridized carbons (Fsp3) is 1.00. The van der Waals surface area contributed by atoms with Crippen molar-refractivity contribution in [1.82, 2.24) is 0 Å². The number of hydrogen-bond donors (Lipinski definition) is 0. The Morgan fingerprint density at radius 2 is 1.37 bits per heavy atom. The van der Waals surface area contributed by atoms with Gasteiger partial charge in [0.25, 0.3) is 0 Å². The van der Waals surface area contributed by atoms with Crippen LogP contribution in [0.1, 0.15) is 60.8 Å². The van der Waals surface area contributed by atoms with E-state index in [2.05, 4.69) is 41.5 Å². The topological polar surface area (TPSA) is 0 Å². The van der Waals surface area contributed by atoms with E-state index in [1.165, 1.54) is 6.42 Å². The Morgan fingerprint density at radius 1 is 0.789 bits per heavy atom. The molecule has 0 radical (unpaired) electrons. The largest absolute Gasteiger partial charge is 0.0625 e. The lowest BCUT2D eigenvalue weighted by atomic mass is 9.50. The van der Waals surface area contributed by atoms with Crippen LogP contribution in [0.25, 0.3) is 0 Å². The van der Waals surface area contributed by atoms with Crippen LogP contribution < -0.4 is 0 Å². The van der Waals surface area contributed by atoms with Gasteiger partial charge in [0.2, 0.25) is 0 Å². The second-order valence-corrected chi connectivity index (χ2v) is 8.87. The number of rotatable bonds is 3. The Hall–Kier alpha value is 0. The maximum atomic E-state index is 2.58. The fourth-order valence-corrected chi connectivity index (χ4v) is 6.46. The second kappa shape index (κ2) is 4.78. The smallest absolute Gasteiger partial charge is 0.0318 e. The van der Waals surface area contributed by atoms with Gasteiger partial charge in [-0.25, -0.2) is 0 Å². The van der Waals surface area contributed by atoms with Gasteiger partial charge in [0.1, 0.15) is 0 Å². The summed E-state index contributed by atoms with van der Waals surface area (Å²) in [6.07, 6.45) is 4.64. The molecule has 0 nitrogen and oxygen atoms in total. The molecule has 0 heterocycles. The van der Waals surface area contributed by atoms with Gasteiger partial charge in [-0.2, -0.15) is 0 Å². The Kier molecular flexibility index (Phi) is 3.51. The zero-order valence-corrected chi connectivity index (χ0v) is 13.9. The van der Waals surface area contributed by atoms with Gasteiger partial charge in [-0.3, -0.25) is 0 Å². The fourth-order valence-electron chi connectivity index (χ4n) is 6.46. The summed E-state index contributed by atoms with van der Waals surface area (Å²) in [6, 6.07) is 0. The van der Waals surface area contributed by atoms with Crippen LogP contribution in [0, 0.1) is 59.2 Å². The van der Waals surface area contributed by atoms with Crippen molar-refractivity contribution in [3.05, 3.63) is 0 Å². The molecule has 19 heavy (non-hydrogen) atoms. The Balaban J connectivity index is 1.93. The predicted octanol–water partition coefficient (Wildman–Crippen LogP) is 5.48. The van der Waals surface area contributed by atoms with Gasteiger partial charge in [0.15, 0.2) is 0 Å². The van der Waals surface area contributed by atoms with Crippen molar-refractivity contribution in [3.8, 4) is 0 Å². The lowest BCUT2D eigenvalue weighted by molar-refractivity contribution is -0.0734. The zero-order valence-electron chi connectivity index (χ0n) is 13.9. The molecule has 0 aromatic rings. The van der Waals surface area contributed by atoms with Gasteiger partial charge >= 0.3 is 0 Å². The highest BCUT2D eigenvalue weighted by molar-refractivity contribution is 5.08. The molecule has 7 unspecified atom stereocenters. The van der Waals surface area contributed by atoms with Crippen LogP contribution in [0.3, 0.4) is 0 Å². The molecule has 0 spiro atoms. The minimum atomic E-state index is 0.869. The van der Waals surface area contributed by atoms with Gasteiger partial charge in [-0.05, 0) is 78.4 Å². The van der Waals surface area contributed by atoms with E-state index in [4.69, 9.17) is 0 Å². The maximum absolute atomic E-state index is 2.58. The quantitative estimate of drug-likeness (QED) is 0.632. The molecule has 2 bridgehead atoms. The highest BCUT2D eigenvalue weighted by Crippen LogP contribution is 2.66. The minimum Gasteiger partial charge on any atom is -0.0625 e. The van der Waals surface area contributed by atoms with Crippen LogP contribution in [0.5, 0.6) is 0 Å². The SMILES string of the molecule is CC(C)C1C(C)CC2C(C)C(C2C2CC2)C1C(C)C. The van der Waals surface area contributed by atoms with Crippen molar-refractivity contribution < 1.29 is 0 Å². The summed E-state index contributed by atoms with van der Waals surface area (Å²) in [4.78, 5) is 0. The lowest BCUT2D eigenvalue weighted by Gasteiger charge is -2.55. The molecule has 4 fully saturated rings. The van der Waals surface area contributed by atoms with E-state index < -0.39 is 0 Å². The third-order valence-corrected chi connectivity index (χ3v) is 7.12. The highest BCUT2D eigenvalue weighted by Gasteiger charge is 2.60. The summed E-state index contributed by atoms with van der Waals surface area (Å²) in [7, 11) is 0. The van der Waals surface area contributed by atoms with Crippen LogP contribution in [-0.2, 0) is 0 Å². The van der Waals surface area contributed by atoms with Crippen molar-refractivity contribution in [1.29, 1.82) is 0 Å². The van der Waals surface area contributed by atoms with Crippen molar-refractivity contribution in [2.75, 3.05) is 0 Å². The molecule has 0 heteroatoms. The van der Waals surface area contributed by atoms with Gasteiger partial charge in [0.05, 0.1) is 0 Å². The van der Waals surface area contributed by atoms with Crippen LogP contribution in [0.15, 0.2) is 0 Å². The normalized spacial score (nSPS) is 50.2. The van der Waals surface area contributed by atoms with E-state index in [-0.39, 0.29) is 0 Å². The molecule has 4 saturated carbocycles. The molecule has 4 aliphatic rings. The van der Waals surface area contributed by atoms with Gasteiger partial charge in [-0.1, -0.05) is 41.5 Å². The molecule has 0 saturated heterocycles. The monoisotopic (exact) mass is 262 g/mol. The molecule has 0 N–H and O–H groups in total. The molecule has 110 valence electrons. The number of fused-ring (bicyclic) bond motifs is 3. The average Bonchev–Trinajstić information content (AvgIpc) is 3.12. The molecule has 0 aliphatic heterocycles. The van der Waals surface area contributed by atoms with Crippen molar-refractivity contribution in [2.45, 2.75) is 60.8 Å². The van der Waals surface area contributed by atoms with E-state index in [0.29, 0.717) is 0 Å². The lowest BCUT2D eigenvalue weighted by Crippen LogP contribution is -2.50. The minimum absolute atomic E-state index is 0.869.